The number of nitrogens with one attached hydrogen (secondary N) is 1. The lowest BCUT2D eigenvalue weighted by Gasteiger charge is -2.13. The summed E-state index contributed by atoms with van der Waals surface area (Å²) in [5, 5.41) is 3.12. The molecule has 0 bridgehead atoms. The van der Waals surface area contributed by atoms with Crippen molar-refractivity contribution in [3.05, 3.63) is 11.3 Å². The maximum absolute atomic E-state index is 11.7. The normalized spacial score (nSPS) is 23.6. The van der Waals surface area contributed by atoms with E-state index in [4.69, 9.17) is 12.2 Å². The summed E-state index contributed by atoms with van der Waals surface area (Å²) in [4.78, 5) is 15.8. The van der Waals surface area contributed by atoms with Gasteiger partial charge >= 0.3 is 0 Å². The highest BCUT2D eigenvalue weighted by molar-refractivity contribution is 6.08. The average molecular weight is 217 g/mol. The summed E-state index contributed by atoms with van der Waals surface area (Å²) in [5.74, 6) is 2.46. The first kappa shape index (κ1) is 10.9. The molecule has 0 aliphatic carbocycles. The van der Waals surface area contributed by atoms with Gasteiger partial charge in [0.1, 0.15) is 0 Å². The SMILES string of the molecule is C#CCCCC1=NC(=O)C2=C(C1)NC(N)C2. The van der Waals surface area contributed by atoms with E-state index in [0.29, 0.717) is 6.42 Å². The van der Waals surface area contributed by atoms with E-state index in [1.807, 2.05) is 0 Å². The van der Waals surface area contributed by atoms with Crippen LogP contribution in [0.25, 0.3) is 0 Å². The van der Waals surface area contributed by atoms with Gasteiger partial charge in [0.05, 0.1) is 6.17 Å². The van der Waals surface area contributed by atoms with Crippen LogP contribution in [0.1, 0.15) is 32.1 Å². The molecule has 0 aromatic carbocycles. The molecule has 1 atom stereocenters. The Labute approximate surface area is 95.0 Å². The molecule has 1 unspecified atom stereocenters. The van der Waals surface area contributed by atoms with Crippen LogP contribution in [0.15, 0.2) is 16.3 Å². The molecule has 84 valence electrons. The fraction of sp³-hybridized carbons (Fsp3) is 0.500. The monoisotopic (exact) mass is 217 g/mol. The fourth-order valence-electron chi connectivity index (χ4n) is 2.07. The van der Waals surface area contributed by atoms with Gasteiger partial charge < -0.3 is 11.1 Å². The Morgan fingerprint density at radius 2 is 2.44 bits per heavy atom. The highest BCUT2D eigenvalue weighted by Crippen LogP contribution is 2.25. The van der Waals surface area contributed by atoms with Crippen LogP contribution in [0, 0.1) is 12.3 Å². The molecule has 0 spiro atoms. The standard InChI is InChI=1S/C12H15N3O/c1-2-3-4-5-8-6-10-9(12(16)14-8)7-11(13)15-10/h1,11,15H,3-7,13H2. The van der Waals surface area contributed by atoms with Crippen molar-refractivity contribution >= 4 is 11.6 Å². The molecule has 4 heteroatoms. The molecular weight excluding hydrogens is 202 g/mol. The van der Waals surface area contributed by atoms with Crippen LogP contribution in [0.2, 0.25) is 0 Å². The van der Waals surface area contributed by atoms with Gasteiger partial charge in [-0.25, -0.2) is 4.99 Å². The molecular formula is C12H15N3O. The van der Waals surface area contributed by atoms with E-state index in [2.05, 4.69) is 16.2 Å². The number of rotatable bonds is 3. The van der Waals surface area contributed by atoms with E-state index in [9.17, 15) is 4.79 Å². The lowest BCUT2D eigenvalue weighted by molar-refractivity contribution is -0.114. The Balaban J connectivity index is 1.99. The van der Waals surface area contributed by atoms with Gasteiger partial charge in [0, 0.05) is 36.2 Å². The largest absolute Gasteiger partial charge is 0.372 e. The molecule has 0 saturated heterocycles. The van der Waals surface area contributed by atoms with Crippen molar-refractivity contribution in [2.75, 3.05) is 0 Å². The van der Waals surface area contributed by atoms with Crippen LogP contribution in [0.4, 0.5) is 0 Å². The molecule has 0 aromatic rings. The van der Waals surface area contributed by atoms with Gasteiger partial charge in [-0.2, -0.15) is 0 Å². The number of hydrogen-bond donors (Lipinski definition) is 2. The summed E-state index contributed by atoms with van der Waals surface area (Å²) in [6.45, 7) is 0. The van der Waals surface area contributed by atoms with Crippen LogP contribution < -0.4 is 11.1 Å². The number of amides is 1. The first-order chi connectivity index (χ1) is 7.70. The molecule has 2 rings (SSSR count). The van der Waals surface area contributed by atoms with Crippen molar-refractivity contribution in [1.29, 1.82) is 0 Å². The van der Waals surface area contributed by atoms with Gasteiger partial charge in [-0.15, -0.1) is 12.3 Å². The Kier molecular flexibility index (Phi) is 3.07. The van der Waals surface area contributed by atoms with Gasteiger partial charge in [-0.1, -0.05) is 0 Å². The third kappa shape index (κ3) is 2.15. The molecule has 0 saturated carbocycles. The highest BCUT2D eigenvalue weighted by atomic mass is 16.1. The minimum atomic E-state index is -0.130. The number of hydrogen-bond acceptors (Lipinski definition) is 3. The minimum absolute atomic E-state index is 0.127. The number of terminal acetylenes is 1. The van der Waals surface area contributed by atoms with Crippen LogP contribution in [0.3, 0.4) is 0 Å². The molecule has 2 aliphatic rings. The van der Waals surface area contributed by atoms with E-state index >= 15 is 0 Å². The van der Waals surface area contributed by atoms with E-state index in [1.165, 1.54) is 0 Å². The molecule has 4 nitrogen and oxygen atoms in total. The summed E-state index contributed by atoms with van der Waals surface area (Å²) >= 11 is 0. The van der Waals surface area contributed by atoms with Gasteiger partial charge in [0.15, 0.2) is 0 Å². The summed E-state index contributed by atoms with van der Waals surface area (Å²) in [6, 6.07) is 0. The number of carbonyl (C=O) groups is 1. The Hall–Kier alpha value is -1.60. The first-order valence-electron chi connectivity index (χ1n) is 5.49. The third-order valence-corrected chi connectivity index (χ3v) is 2.83. The number of aliphatic imine (C=N–C) groups is 1. The van der Waals surface area contributed by atoms with Gasteiger partial charge in [0.2, 0.25) is 0 Å². The smallest absolute Gasteiger partial charge is 0.274 e. The van der Waals surface area contributed by atoms with Crippen LogP contribution in [-0.2, 0) is 4.79 Å². The predicted molar refractivity (Wildman–Crippen MR) is 62.5 cm³/mol. The summed E-state index contributed by atoms with van der Waals surface area (Å²) in [6.07, 6.45) is 8.77. The fourth-order valence-corrected chi connectivity index (χ4v) is 2.07. The van der Waals surface area contributed by atoms with E-state index in [1.54, 1.807) is 0 Å². The second-order valence-corrected chi connectivity index (χ2v) is 4.13. The highest BCUT2D eigenvalue weighted by Gasteiger charge is 2.29. The Morgan fingerprint density at radius 1 is 1.62 bits per heavy atom. The summed E-state index contributed by atoms with van der Waals surface area (Å²) in [5.41, 5.74) is 8.38. The molecule has 2 heterocycles. The Bertz CT molecular complexity index is 414. The van der Waals surface area contributed by atoms with Crippen molar-refractivity contribution in [2.24, 2.45) is 10.7 Å². The zero-order chi connectivity index (χ0) is 11.5. The molecule has 3 N–H and O–H groups in total. The van der Waals surface area contributed by atoms with Crippen LogP contribution in [0.5, 0.6) is 0 Å². The second kappa shape index (κ2) is 4.50. The lowest BCUT2D eigenvalue weighted by Crippen LogP contribution is -2.31. The summed E-state index contributed by atoms with van der Waals surface area (Å²) < 4.78 is 0. The minimum Gasteiger partial charge on any atom is -0.372 e. The number of allylic oxidation sites excluding steroid dienone is 1. The zero-order valence-electron chi connectivity index (χ0n) is 9.12. The van der Waals surface area contributed by atoms with Crippen LogP contribution >= 0.6 is 0 Å². The number of nitrogens with zero attached hydrogens (tertiary/aromatic N) is 1. The third-order valence-electron chi connectivity index (χ3n) is 2.83. The quantitative estimate of drug-likeness (QED) is 0.540. The van der Waals surface area contributed by atoms with E-state index in [0.717, 1.165) is 42.7 Å². The van der Waals surface area contributed by atoms with Crippen molar-refractivity contribution in [3.8, 4) is 12.3 Å². The van der Waals surface area contributed by atoms with Crippen molar-refractivity contribution in [2.45, 2.75) is 38.3 Å². The second-order valence-electron chi connectivity index (χ2n) is 4.13. The van der Waals surface area contributed by atoms with Gasteiger partial charge in [-0.05, 0) is 12.8 Å². The topological polar surface area (TPSA) is 67.5 Å². The number of carbonyl (C=O) groups excluding carboxylic acids is 1. The number of nitrogens with two attached hydrogens (primary N) is 1. The zero-order valence-corrected chi connectivity index (χ0v) is 9.12. The van der Waals surface area contributed by atoms with E-state index in [-0.39, 0.29) is 12.1 Å². The van der Waals surface area contributed by atoms with Crippen molar-refractivity contribution in [3.63, 3.8) is 0 Å². The molecule has 0 aromatic heterocycles. The molecule has 1 amide bonds. The maximum Gasteiger partial charge on any atom is 0.274 e. The number of dihydropyridines is 1. The molecule has 16 heavy (non-hydrogen) atoms. The summed E-state index contributed by atoms with van der Waals surface area (Å²) in [7, 11) is 0. The molecule has 0 fully saturated rings. The molecule has 0 radical (unpaired) electrons. The van der Waals surface area contributed by atoms with Gasteiger partial charge in [-0.3, -0.25) is 4.79 Å². The van der Waals surface area contributed by atoms with Crippen molar-refractivity contribution in [1.82, 2.24) is 5.32 Å². The first-order valence-corrected chi connectivity index (χ1v) is 5.49. The van der Waals surface area contributed by atoms with Gasteiger partial charge in [0.25, 0.3) is 5.91 Å². The maximum atomic E-state index is 11.7. The van der Waals surface area contributed by atoms with Crippen LogP contribution in [-0.4, -0.2) is 17.8 Å². The number of unbranched alkanes of at least 4 members (excludes halogenated alkanes) is 1. The average Bonchev–Trinajstić information content (AvgIpc) is 2.60. The lowest BCUT2D eigenvalue weighted by atomic mass is 10.0. The van der Waals surface area contributed by atoms with E-state index < -0.39 is 0 Å². The molecule has 2 aliphatic heterocycles. The Morgan fingerprint density at radius 3 is 3.19 bits per heavy atom. The predicted octanol–water partition coefficient (Wildman–Crippen LogP) is 0.693. The van der Waals surface area contributed by atoms with Crippen molar-refractivity contribution < 1.29 is 4.79 Å².